The monoisotopic (exact) mass is 364 g/mol. The quantitative estimate of drug-likeness (QED) is 0.560. The summed E-state index contributed by atoms with van der Waals surface area (Å²) in [7, 11) is -3.23. The van der Waals surface area contributed by atoms with Gasteiger partial charge in [-0.05, 0) is 27.2 Å². The van der Waals surface area contributed by atoms with Crippen molar-refractivity contribution >= 4 is 7.60 Å². The maximum Gasteiger partial charge on any atom is 0.330 e. The number of aliphatic hydroxyl groups is 1. The smallest absolute Gasteiger partial charge is 0.330 e. The first-order valence-corrected chi connectivity index (χ1v) is 9.51. The van der Waals surface area contributed by atoms with E-state index in [1.807, 2.05) is 0 Å². The number of H-pyrrole nitrogens is 1. The number of ether oxygens (including phenoxy) is 1. The highest BCUT2D eigenvalue weighted by molar-refractivity contribution is 7.53. The summed E-state index contributed by atoms with van der Waals surface area (Å²) < 4.78 is 29.5. The van der Waals surface area contributed by atoms with Crippen molar-refractivity contribution in [1.82, 2.24) is 9.55 Å². The molecule has 1 rings (SSSR count). The molecule has 0 amide bonds. The zero-order chi connectivity index (χ0) is 18.2. The molecule has 1 heterocycles. The van der Waals surface area contributed by atoms with Gasteiger partial charge in [0.2, 0.25) is 0 Å². The predicted octanol–water partition coefficient (Wildman–Crippen LogP) is 0.916. The Labute approximate surface area is 140 Å². The summed E-state index contributed by atoms with van der Waals surface area (Å²) in [4.78, 5) is 24.7. The number of aromatic amines is 1. The Bertz CT molecular complexity index is 645. The van der Waals surface area contributed by atoms with E-state index in [9.17, 15) is 19.3 Å². The summed E-state index contributed by atoms with van der Waals surface area (Å²) in [5.74, 6) is 0. The van der Waals surface area contributed by atoms with Gasteiger partial charge in [-0.25, -0.2) is 4.79 Å². The molecule has 9 nitrogen and oxygen atoms in total. The molecule has 138 valence electrons. The molecule has 0 fully saturated rings. The Morgan fingerprint density at radius 2 is 1.92 bits per heavy atom. The molecule has 0 aliphatic carbocycles. The van der Waals surface area contributed by atoms with Gasteiger partial charge in [0.1, 0.15) is 6.73 Å². The van der Waals surface area contributed by atoms with Gasteiger partial charge in [-0.15, -0.1) is 0 Å². The van der Waals surface area contributed by atoms with Crippen LogP contribution in [0.15, 0.2) is 21.9 Å². The van der Waals surface area contributed by atoms with Gasteiger partial charge in [0.25, 0.3) is 5.56 Å². The lowest BCUT2D eigenvalue weighted by molar-refractivity contribution is -0.0612. The van der Waals surface area contributed by atoms with Crippen LogP contribution in [0.25, 0.3) is 0 Å². The first-order chi connectivity index (χ1) is 11.3. The minimum atomic E-state index is -3.23. The van der Waals surface area contributed by atoms with Gasteiger partial charge in [0.15, 0.2) is 0 Å². The SMILES string of the molecule is CCOP(=O)(CC[C@@H](OCn1ccc(=O)[nH]c1=O)[C@H](C)O)OCC. The molecule has 10 heteroatoms. The lowest BCUT2D eigenvalue weighted by Crippen LogP contribution is -2.33. The highest BCUT2D eigenvalue weighted by Crippen LogP contribution is 2.48. The average Bonchev–Trinajstić information content (AvgIpc) is 2.49. The second-order valence-corrected chi connectivity index (χ2v) is 7.30. The Hall–Kier alpha value is -1.25. The second-order valence-electron chi connectivity index (χ2n) is 5.11. The fourth-order valence-electron chi connectivity index (χ4n) is 2.03. The largest absolute Gasteiger partial charge is 0.391 e. The van der Waals surface area contributed by atoms with Crippen LogP contribution < -0.4 is 11.2 Å². The molecule has 0 saturated heterocycles. The van der Waals surface area contributed by atoms with Crippen LogP contribution in [-0.4, -0.2) is 46.2 Å². The summed E-state index contributed by atoms with van der Waals surface area (Å²) >= 11 is 0. The van der Waals surface area contributed by atoms with Crippen molar-refractivity contribution in [2.75, 3.05) is 19.4 Å². The highest BCUT2D eigenvalue weighted by atomic mass is 31.2. The highest BCUT2D eigenvalue weighted by Gasteiger charge is 2.27. The molecule has 0 unspecified atom stereocenters. The van der Waals surface area contributed by atoms with Crippen molar-refractivity contribution in [3.05, 3.63) is 33.1 Å². The van der Waals surface area contributed by atoms with E-state index in [4.69, 9.17) is 13.8 Å². The Morgan fingerprint density at radius 3 is 2.42 bits per heavy atom. The minimum Gasteiger partial charge on any atom is -0.391 e. The van der Waals surface area contributed by atoms with Gasteiger partial charge in [-0.3, -0.25) is 18.9 Å². The molecule has 0 saturated carbocycles. The van der Waals surface area contributed by atoms with Crippen molar-refractivity contribution in [3.63, 3.8) is 0 Å². The molecule has 1 aromatic heterocycles. The summed E-state index contributed by atoms with van der Waals surface area (Å²) in [5, 5.41) is 9.82. The number of hydrogen-bond donors (Lipinski definition) is 2. The Kier molecular flexibility index (Phi) is 8.58. The molecular weight excluding hydrogens is 339 g/mol. The molecular formula is C14H25N2O7P. The molecule has 0 radical (unpaired) electrons. The van der Waals surface area contributed by atoms with E-state index in [0.29, 0.717) is 0 Å². The van der Waals surface area contributed by atoms with Crippen LogP contribution in [0, 0.1) is 0 Å². The fourth-order valence-corrected chi connectivity index (χ4v) is 3.72. The van der Waals surface area contributed by atoms with Gasteiger partial charge >= 0.3 is 13.3 Å². The fraction of sp³-hybridized carbons (Fsp3) is 0.714. The second kappa shape index (κ2) is 9.90. The average molecular weight is 364 g/mol. The van der Waals surface area contributed by atoms with Crippen molar-refractivity contribution in [3.8, 4) is 0 Å². The lowest BCUT2D eigenvalue weighted by Gasteiger charge is -2.23. The normalized spacial score (nSPS) is 14.5. The first kappa shape index (κ1) is 20.8. The van der Waals surface area contributed by atoms with Crippen LogP contribution in [-0.2, 0) is 25.1 Å². The van der Waals surface area contributed by atoms with Gasteiger partial charge in [0, 0.05) is 12.3 Å². The van der Waals surface area contributed by atoms with Crippen LogP contribution in [0.5, 0.6) is 0 Å². The van der Waals surface area contributed by atoms with Crippen molar-refractivity contribution in [2.45, 2.75) is 46.1 Å². The third-order valence-electron chi connectivity index (χ3n) is 3.20. The molecule has 0 spiro atoms. The molecule has 2 atom stereocenters. The number of nitrogens with zero attached hydrogens (tertiary/aromatic N) is 1. The topological polar surface area (TPSA) is 120 Å². The van der Waals surface area contributed by atoms with Crippen molar-refractivity contribution in [2.24, 2.45) is 0 Å². The Balaban J connectivity index is 2.68. The van der Waals surface area contributed by atoms with Crippen LogP contribution in [0.2, 0.25) is 0 Å². The number of aromatic nitrogens is 2. The number of aliphatic hydroxyl groups excluding tert-OH is 1. The van der Waals surface area contributed by atoms with E-state index in [1.165, 1.54) is 19.2 Å². The van der Waals surface area contributed by atoms with Crippen LogP contribution in [0.4, 0.5) is 0 Å². The standard InChI is InChI=1S/C14H25N2O7P/c1-4-22-24(20,23-5-2)9-7-12(11(3)17)21-10-16-8-6-13(18)15-14(16)19/h6,8,11-12,17H,4-5,7,9-10H2,1-3H3,(H,15,18,19)/t11-,12+/m0/s1. The van der Waals surface area contributed by atoms with Gasteiger partial charge in [-0.2, -0.15) is 0 Å². The Morgan fingerprint density at radius 1 is 1.29 bits per heavy atom. The minimum absolute atomic E-state index is 0.0881. The van der Waals surface area contributed by atoms with Crippen molar-refractivity contribution in [1.29, 1.82) is 0 Å². The summed E-state index contributed by atoms with van der Waals surface area (Å²) in [6, 6.07) is 1.19. The zero-order valence-corrected chi connectivity index (χ0v) is 15.0. The van der Waals surface area contributed by atoms with Crippen LogP contribution >= 0.6 is 7.60 Å². The molecule has 1 aromatic rings. The summed E-state index contributed by atoms with van der Waals surface area (Å²) in [6.45, 7) is 5.33. The third kappa shape index (κ3) is 6.70. The van der Waals surface area contributed by atoms with E-state index >= 15 is 0 Å². The van der Waals surface area contributed by atoms with Gasteiger partial charge in [0.05, 0.1) is 31.6 Å². The molecule has 0 aromatic carbocycles. The van der Waals surface area contributed by atoms with E-state index in [0.717, 1.165) is 4.57 Å². The van der Waals surface area contributed by atoms with E-state index in [2.05, 4.69) is 4.98 Å². The number of rotatable bonds is 11. The number of hydrogen-bond acceptors (Lipinski definition) is 7. The molecule has 0 aliphatic rings. The molecule has 0 bridgehead atoms. The summed E-state index contributed by atoms with van der Waals surface area (Å²) in [6.07, 6.45) is 0.0989. The van der Waals surface area contributed by atoms with Crippen molar-refractivity contribution < 1.29 is 23.5 Å². The molecule has 24 heavy (non-hydrogen) atoms. The van der Waals surface area contributed by atoms with E-state index in [1.54, 1.807) is 13.8 Å². The third-order valence-corrected chi connectivity index (χ3v) is 5.31. The maximum absolute atomic E-state index is 12.4. The number of nitrogens with one attached hydrogen (secondary N) is 1. The maximum atomic E-state index is 12.4. The first-order valence-electron chi connectivity index (χ1n) is 7.79. The molecule has 2 N–H and O–H groups in total. The van der Waals surface area contributed by atoms with Crippen LogP contribution in [0.1, 0.15) is 27.2 Å². The lowest BCUT2D eigenvalue weighted by atomic mass is 10.2. The van der Waals surface area contributed by atoms with Gasteiger partial charge in [-0.1, -0.05) is 0 Å². The van der Waals surface area contributed by atoms with E-state index < -0.39 is 31.1 Å². The van der Waals surface area contributed by atoms with Crippen LogP contribution in [0.3, 0.4) is 0 Å². The predicted molar refractivity (Wildman–Crippen MR) is 88.2 cm³/mol. The zero-order valence-electron chi connectivity index (χ0n) is 14.1. The van der Waals surface area contributed by atoms with Gasteiger partial charge < -0.3 is 18.9 Å². The summed E-state index contributed by atoms with van der Waals surface area (Å²) in [5.41, 5.74) is -1.11. The molecule has 0 aliphatic heterocycles. The van der Waals surface area contributed by atoms with E-state index in [-0.39, 0.29) is 32.5 Å².